The summed E-state index contributed by atoms with van der Waals surface area (Å²) in [6, 6.07) is 7.03. The van der Waals surface area contributed by atoms with Gasteiger partial charge in [0.15, 0.2) is 11.5 Å². The first-order chi connectivity index (χ1) is 12.3. The van der Waals surface area contributed by atoms with Gasteiger partial charge in [-0.2, -0.15) is 5.10 Å². The number of rotatable bonds is 6. The summed E-state index contributed by atoms with van der Waals surface area (Å²) in [5.74, 6) is 0.761. The van der Waals surface area contributed by atoms with Gasteiger partial charge in [-0.3, -0.25) is 4.79 Å². The summed E-state index contributed by atoms with van der Waals surface area (Å²) in [6.45, 7) is 1.65. The first-order valence-corrected chi connectivity index (χ1v) is 9.60. The average molecular weight is 525 g/mol. The standard InChI is InChI=1S/C17H14Br2Cl2N2O3/c1-9(24)23-22-7-11-6-14(25-2)17(16(19)15(11)18)26-8-10-3-4-12(20)13(21)5-10/h3-7H,8H2,1-2H3,(H,23,24)/b22-7-. The molecule has 9 heteroatoms. The van der Waals surface area contributed by atoms with Crippen LogP contribution in [0.15, 0.2) is 38.3 Å². The van der Waals surface area contributed by atoms with Crippen molar-refractivity contribution < 1.29 is 14.3 Å². The number of hydrazone groups is 1. The van der Waals surface area contributed by atoms with E-state index in [1.165, 1.54) is 20.2 Å². The lowest BCUT2D eigenvalue weighted by atomic mass is 10.2. The van der Waals surface area contributed by atoms with Gasteiger partial charge >= 0.3 is 0 Å². The molecule has 5 nitrogen and oxygen atoms in total. The lowest BCUT2D eigenvalue weighted by Crippen LogP contribution is -2.12. The number of benzene rings is 2. The molecule has 138 valence electrons. The minimum absolute atomic E-state index is 0.259. The first kappa shape index (κ1) is 21.0. The van der Waals surface area contributed by atoms with Crippen molar-refractivity contribution in [3.63, 3.8) is 0 Å². The molecule has 0 bridgehead atoms. The molecule has 26 heavy (non-hydrogen) atoms. The van der Waals surface area contributed by atoms with E-state index in [4.69, 9.17) is 32.7 Å². The predicted octanol–water partition coefficient (Wildman–Crippen LogP) is 5.58. The van der Waals surface area contributed by atoms with Crippen molar-refractivity contribution in [3.8, 4) is 11.5 Å². The van der Waals surface area contributed by atoms with Crippen LogP contribution in [0.25, 0.3) is 0 Å². The summed E-state index contributed by atoms with van der Waals surface area (Å²) in [5.41, 5.74) is 3.91. The van der Waals surface area contributed by atoms with Crippen LogP contribution < -0.4 is 14.9 Å². The Morgan fingerprint density at radius 1 is 1.23 bits per heavy atom. The smallest absolute Gasteiger partial charge is 0.236 e. The van der Waals surface area contributed by atoms with Gasteiger partial charge in [0.1, 0.15) is 6.61 Å². The fraction of sp³-hybridized carbons (Fsp3) is 0.176. The number of hydrogen-bond donors (Lipinski definition) is 1. The van der Waals surface area contributed by atoms with Crippen molar-refractivity contribution in [3.05, 3.63) is 54.4 Å². The average Bonchev–Trinajstić information content (AvgIpc) is 2.60. The largest absolute Gasteiger partial charge is 0.493 e. The molecule has 0 aromatic heterocycles. The van der Waals surface area contributed by atoms with E-state index in [0.29, 0.717) is 36.1 Å². The maximum atomic E-state index is 10.9. The summed E-state index contributed by atoms with van der Waals surface area (Å²) in [5, 5.41) is 4.81. The number of nitrogens with zero attached hydrogens (tertiary/aromatic N) is 1. The van der Waals surface area contributed by atoms with E-state index in [9.17, 15) is 4.79 Å². The zero-order valence-corrected chi connectivity index (χ0v) is 18.5. The number of nitrogens with one attached hydrogen (secondary N) is 1. The molecule has 0 heterocycles. The molecule has 0 spiro atoms. The Kier molecular flexibility index (Phi) is 7.76. The first-order valence-electron chi connectivity index (χ1n) is 7.25. The molecule has 0 fully saturated rings. The van der Waals surface area contributed by atoms with Crippen molar-refractivity contribution in [1.82, 2.24) is 5.43 Å². The second kappa shape index (κ2) is 9.60. The quantitative estimate of drug-likeness (QED) is 0.396. The van der Waals surface area contributed by atoms with Crippen LogP contribution in [-0.4, -0.2) is 19.2 Å². The molecule has 0 aliphatic rings. The zero-order chi connectivity index (χ0) is 19.3. The Morgan fingerprint density at radius 2 is 1.96 bits per heavy atom. The topological polar surface area (TPSA) is 59.9 Å². The van der Waals surface area contributed by atoms with Crippen LogP contribution in [0.1, 0.15) is 18.1 Å². The number of amides is 1. The molecule has 0 atom stereocenters. The van der Waals surface area contributed by atoms with Crippen molar-refractivity contribution in [1.29, 1.82) is 0 Å². The Balaban J connectivity index is 2.27. The van der Waals surface area contributed by atoms with Crippen LogP contribution in [0.4, 0.5) is 0 Å². The summed E-state index contributed by atoms with van der Waals surface area (Å²) in [4.78, 5) is 10.9. The van der Waals surface area contributed by atoms with E-state index in [-0.39, 0.29) is 12.5 Å². The van der Waals surface area contributed by atoms with Crippen LogP contribution >= 0.6 is 55.1 Å². The molecule has 2 rings (SSSR count). The summed E-state index contributed by atoms with van der Waals surface area (Å²) < 4.78 is 12.7. The predicted molar refractivity (Wildman–Crippen MR) is 111 cm³/mol. The lowest BCUT2D eigenvalue weighted by molar-refractivity contribution is -0.118. The van der Waals surface area contributed by atoms with Crippen LogP contribution in [0, 0.1) is 0 Å². The van der Waals surface area contributed by atoms with Gasteiger partial charge in [-0.15, -0.1) is 0 Å². The highest BCUT2D eigenvalue weighted by Gasteiger charge is 2.17. The van der Waals surface area contributed by atoms with Gasteiger partial charge in [-0.25, -0.2) is 5.43 Å². The number of carbonyl (C=O) groups excluding carboxylic acids is 1. The fourth-order valence-corrected chi connectivity index (χ4v) is 3.22. The SMILES string of the molecule is COc1cc(/C=N\NC(C)=O)c(Br)c(Br)c1OCc1ccc(Cl)c(Cl)c1. The highest BCUT2D eigenvalue weighted by molar-refractivity contribution is 9.13. The zero-order valence-electron chi connectivity index (χ0n) is 13.8. The van der Waals surface area contributed by atoms with Gasteiger partial charge in [0, 0.05) is 17.0 Å². The number of hydrogen-bond acceptors (Lipinski definition) is 4. The monoisotopic (exact) mass is 522 g/mol. The Morgan fingerprint density at radius 3 is 2.58 bits per heavy atom. The highest BCUT2D eigenvalue weighted by Crippen LogP contribution is 2.42. The van der Waals surface area contributed by atoms with Crippen molar-refractivity contribution >= 4 is 67.2 Å². The summed E-state index contributed by atoms with van der Waals surface area (Å²) in [7, 11) is 1.54. The third-order valence-electron chi connectivity index (χ3n) is 3.17. The van der Waals surface area contributed by atoms with Gasteiger partial charge < -0.3 is 9.47 Å². The van der Waals surface area contributed by atoms with Crippen LogP contribution in [0.3, 0.4) is 0 Å². The maximum Gasteiger partial charge on any atom is 0.236 e. The highest BCUT2D eigenvalue weighted by atomic mass is 79.9. The van der Waals surface area contributed by atoms with Gasteiger partial charge in [0.2, 0.25) is 5.91 Å². The summed E-state index contributed by atoms with van der Waals surface area (Å²) in [6.07, 6.45) is 1.50. The fourth-order valence-electron chi connectivity index (χ4n) is 1.96. The molecule has 0 saturated heterocycles. The minimum atomic E-state index is -0.259. The molecule has 2 aromatic carbocycles. The third kappa shape index (κ3) is 5.36. The lowest BCUT2D eigenvalue weighted by Gasteiger charge is -2.15. The van der Waals surface area contributed by atoms with Gasteiger partial charge in [0.25, 0.3) is 0 Å². The molecule has 1 N–H and O–H groups in total. The van der Waals surface area contributed by atoms with Crippen molar-refractivity contribution in [2.24, 2.45) is 5.10 Å². The number of halogens is 4. The normalized spacial score (nSPS) is 10.8. The Bertz CT molecular complexity index is 860. The Hall–Kier alpha value is -1.28. The molecule has 1 amide bonds. The molecule has 0 saturated carbocycles. The molecule has 0 aliphatic carbocycles. The number of ether oxygens (including phenoxy) is 2. The van der Waals surface area contributed by atoms with Gasteiger partial charge in [-0.05, 0) is 55.6 Å². The van der Waals surface area contributed by atoms with E-state index in [2.05, 4.69) is 42.4 Å². The molecular formula is C17H14Br2Cl2N2O3. The second-order valence-corrected chi connectivity index (χ2v) is 7.49. The van der Waals surface area contributed by atoms with E-state index in [1.54, 1.807) is 18.2 Å². The van der Waals surface area contributed by atoms with Crippen molar-refractivity contribution in [2.75, 3.05) is 7.11 Å². The molecule has 2 aromatic rings. The van der Waals surface area contributed by atoms with E-state index < -0.39 is 0 Å². The van der Waals surface area contributed by atoms with Gasteiger partial charge in [0.05, 0.1) is 27.8 Å². The molecular weight excluding hydrogens is 511 g/mol. The number of carbonyl (C=O) groups is 1. The maximum absolute atomic E-state index is 10.9. The minimum Gasteiger partial charge on any atom is -0.493 e. The van der Waals surface area contributed by atoms with Crippen LogP contribution in [0.2, 0.25) is 10.0 Å². The van der Waals surface area contributed by atoms with E-state index in [1.807, 2.05) is 6.07 Å². The Labute approximate surface area is 177 Å². The molecule has 0 aliphatic heterocycles. The molecule has 0 unspecified atom stereocenters. The number of methoxy groups -OCH3 is 1. The van der Waals surface area contributed by atoms with Crippen LogP contribution in [-0.2, 0) is 11.4 Å². The second-order valence-electron chi connectivity index (χ2n) is 5.09. The van der Waals surface area contributed by atoms with E-state index >= 15 is 0 Å². The molecule has 0 radical (unpaired) electrons. The summed E-state index contributed by atoms with van der Waals surface area (Å²) >= 11 is 18.9. The van der Waals surface area contributed by atoms with E-state index in [0.717, 1.165) is 5.56 Å². The van der Waals surface area contributed by atoms with Crippen LogP contribution in [0.5, 0.6) is 11.5 Å². The third-order valence-corrected chi connectivity index (χ3v) is 6.05. The van der Waals surface area contributed by atoms with Gasteiger partial charge in [-0.1, -0.05) is 29.3 Å². The van der Waals surface area contributed by atoms with Crippen molar-refractivity contribution in [2.45, 2.75) is 13.5 Å².